The molecule has 1 aliphatic rings. The fraction of sp³-hybridized carbons (Fsp3) is 0.308. The quantitative estimate of drug-likeness (QED) is 0.425. The van der Waals surface area contributed by atoms with Gasteiger partial charge in [0, 0.05) is 38.9 Å². The van der Waals surface area contributed by atoms with Crippen molar-refractivity contribution in [2.75, 3.05) is 37.7 Å². The van der Waals surface area contributed by atoms with E-state index in [0.717, 1.165) is 30.0 Å². The molecule has 0 radical (unpaired) electrons. The van der Waals surface area contributed by atoms with Crippen LogP contribution in [0.3, 0.4) is 0 Å². The highest BCUT2D eigenvalue weighted by molar-refractivity contribution is 6.42. The molecule has 1 atom stereocenters. The van der Waals surface area contributed by atoms with Crippen molar-refractivity contribution in [1.29, 1.82) is 0 Å². The second-order valence-electron chi connectivity index (χ2n) is 8.18. The topological polar surface area (TPSA) is 57.7 Å². The summed E-state index contributed by atoms with van der Waals surface area (Å²) in [7, 11) is 0. The fourth-order valence-corrected chi connectivity index (χ4v) is 4.22. The highest BCUT2D eigenvalue weighted by Gasteiger charge is 2.28. The van der Waals surface area contributed by atoms with Gasteiger partial charge in [-0.05, 0) is 35.4 Å². The molecule has 9 heteroatoms. The Morgan fingerprint density at radius 2 is 1.69 bits per heavy atom. The van der Waals surface area contributed by atoms with E-state index in [2.05, 4.69) is 15.2 Å². The van der Waals surface area contributed by atoms with Crippen LogP contribution >= 0.6 is 35.6 Å². The summed E-state index contributed by atoms with van der Waals surface area (Å²) >= 11 is 12.1. The lowest BCUT2D eigenvalue weighted by Gasteiger charge is -2.37. The average Bonchev–Trinajstić information content (AvgIpc) is 2.89. The number of halogens is 3. The molecule has 4 rings (SSSR count). The van der Waals surface area contributed by atoms with E-state index in [-0.39, 0.29) is 24.9 Å². The predicted octanol–water partition coefficient (Wildman–Crippen LogP) is 4.83. The zero-order valence-electron chi connectivity index (χ0n) is 19.3. The van der Waals surface area contributed by atoms with Gasteiger partial charge in [0.1, 0.15) is 11.9 Å². The van der Waals surface area contributed by atoms with Gasteiger partial charge in [-0.25, -0.2) is 4.98 Å². The average molecular weight is 536 g/mol. The van der Waals surface area contributed by atoms with E-state index in [1.54, 1.807) is 18.3 Å². The first-order chi connectivity index (χ1) is 16.6. The van der Waals surface area contributed by atoms with Gasteiger partial charge in [-0.3, -0.25) is 10.1 Å². The summed E-state index contributed by atoms with van der Waals surface area (Å²) in [5.74, 6) is 0.990. The smallest absolute Gasteiger partial charge is 0.242 e. The number of benzene rings is 2. The number of rotatable bonds is 9. The maximum Gasteiger partial charge on any atom is 0.242 e. The largest absolute Gasteiger partial charge is 0.375 e. The van der Waals surface area contributed by atoms with Gasteiger partial charge in [0.05, 0.1) is 23.3 Å². The lowest BCUT2D eigenvalue weighted by molar-refractivity contribution is -0.135. The van der Waals surface area contributed by atoms with Gasteiger partial charge in [-0.15, -0.1) is 12.4 Å². The molecular weight excluding hydrogens is 507 g/mol. The Labute approximate surface area is 222 Å². The molecule has 1 aromatic heterocycles. The van der Waals surface area contributed by atoms with Crippen LogP contribution in [-0.4, -0.2) is 54.6 Å². The third kappa shape index (κ3) is 7.82. The number of nitrogens with zero attached hydrogens (tertiary/aromatic N) is 3. The molecule has 0 spiro atoms. The summed E-state index contributed by atoms with van der Waals surface area (Å²) < 4.78 is 5.94. The molecule has 1 aliphatic heterocycles. The summed E-state index contributed by atoms with van der Waals surface area (Å²) in [6.45, 7) is 3.98. The van der Waals surface area contributed by atoms with Gasteiger partial charge in [0.2, 0.25) is 5.91 Å². The van der Waals surface area contributed by atoms with E-state index < -0.39 is 6.04 Å². The molecule has 1 saturated heterocycles. The highest BCUT2D eigenvalue weighted by Crippen LogP contribution is 2.23. The van der Waals surface area contributed by atoms with Crippen molar-refractivity contribution >= 4 is 47.3 Å². The maximum atomic E-state index is 13.4. The molecule has 0 saturated carbocycles. The minimum absolute atomic E-state index is 0. The minimum Gasteiger partial charge on any atom is -0.375 e. The molecule has 1 amide bonds. The van der Waals surface area contributed by atoms with Gasteiger partial charge in [-0.1, -0.05) is 65.7 Å². The standard InChI is InChI=1S/C26H28Cl2N4O2.ClH/c27-22-10-9-21(16-23(22)28)18-34-19-24(30-17-20-6-2-1-3-7-20)26(33)32-14-12-31(13-15-32)25-8-4-5-11-29-25;/h1-11,16,24,30H,12-15,17-19H2;1H/t24-;/m0./s1. The van der Waals surface area contributed by atoms with E-state index in [1.165, 1.54) is 0 Å². The normalized spacial score (nSPS) is 14.3. The van der Waals surface area contributed by atoms with Crippen molar-refractivity contribution in [2.24, 2.45) is 0 Å². The van der Waals surface area contributed by atoms with Crippen LogP contribution in [0.2, 0.25) is 10.0 Å². The van der Waals surface area contributed by atoms with Gasteiger partial charge in [0.15, 0.2) is 0 Å². The molecular formula is C26H29Cl3N4O2. The van der Waals surface area contributed by atoms with E-state index in [0.29, 0.717) is 36.3 Å². The number of aromatic nitrogens is 1. The number of hydrogen-bond donors (Lipinski definition) is 1. The zero-order chi connectivity index (χ0) is 23.8. The minimum atomic E-state index is -0.454. The zero-order valence-corrected chi connectivity index (χ0v) is 21.6. The van der Waals surface area contributed by atoms with Gasteiger partial charge >= 0.3 is 0 Å². The first-order valence-electron chi connectivity index (χ1n) is 11.3. The Bertz CT molecular complexity index is 1060. The summed E-state index contributed by atoms with van der Waals surface area (Å²) in [6.07, 6.45) is 1.79. The Kier molecular flexibility index (Phi) is 10.6. The lowest BCUT2D eigenvalue weighted by atomic mass is 10.2. The van der Waals surface area contributed by atoms with E-state index >= 15 is 0 Å². The van der Waals surface area contributed by atoms with Crippen LogP contribution in [0.25, 0.3) is 0 Å². The number of ether oxygens (including phenoxy) is 1. The molecule has 35 heavy (non-hydrogen) atoms. The van der Waals surface area contributed by atoms with E-state index in [4.69, 9.17) is 27.9 Å². The number of nitrogens with one attached hydrogen (secondary N) is 1. The third-order valence-electron chi connectivity index (χ3n) is 5.80. The number of pyridine rings is 1. The summed E-state index contributed by atoms with van der Waals surface area (Å²) in [6, 6.07) is 20.9. The molecule has 2 heterocycles. The predicted molar refractivity (Wildman–Crippen MR) is 143 cm³/mol. The number of carbonyl (C=O) groups is 1. The second-order valence-corrected chi connectivity index (χ2v) is 9.00. The second kappa shape index (κ2) is 13.7. The van der Waals surface area contributed by atoms with Crippen molar-refractivity contribution in [3.63, 3.8) is 0 Å². The summed E-state index contributed by atoms with van der Waals surface area (Å²) in [5.41, 5.74) is 2.03. The third-order valence-corrected chi connectivity index (χ3v) is 6.53. The maximum absolute atomic E-state index is 13.4. The van der Waals surface area contributed by atoms with E-state index in [9.17, 15) is 4.79 Å². The van der Waals surface area contributed by atoms with Crippen LogP contribution in [0.5, 0.6) is 0 Å². The number of anilines is 1. The van der Waals surface area contributed by atoms with Crippen LogP contribution in [0.1, 0.15) is 11.1 Å². The van der Waals surface area contributed by atoms with E-state index in [1.807, 2.05) is 59.5 Å². The number of amides is 1. The van der Waals surface area contributed by atoms with Crippen molar-refractivity contribution in [3.8, 4) is 0 Å². The fourth-order valence-electron chi connectivity index (χ4n) is 3.90. The molecule has 1 fully saturated rings. The molecule has 1 N–H and O–H groups in total. The molecule has 6 nitrogen and oxygen atoms in total. The Morgan fingerprint density at radius 1 is 0.943 bits per heavy atom. The number of hydrogen-bond acceptors (Lipinski definition) is 5. The Balaban J connectivity index is 0.00000342. The van der Waals surface area contributed by atoms with Crippen LogP contribution in [-0.2, 0) is 22.7 Å². The van der Waals surface area contributed by atoms with Gasteiger partial charge < -0.3 is 14.5 Å². The first kappa shape index (κ1) is 27.2. The molecule has 0 unspecified atom stereocenters. The monoisotopic (exact) mass is 534 g/mol. The molecule has 186 valence electrons. The van der Waals surface area contributed by atoms with Gasteiger partial charge in [0.25, 0.3) is 0 Å². The SMILES string of the molecule is Cl.O=C([C@H](COCc1ccc(Cl)c(Cl)c1)NCc1ccccc1)N1CCN(c2ccccn2)CC1. The summed E-state index contributed by atoms with van der Waals surface area (Å²) in [4.78, 5) is 22.0. The van der Waals surface area contributed by atoms with Crippen molar-refractivity contribution in [3.05, 3.63) is 94.1 Å². The van der Waals surface area contributed by atoms with Crippen LogP contribution in [0, 0.1) is 0 Å². The molecule has 3 aromatic rings. The molecule has 2 aromatic carbocycles. The highest BCUT2D eigenvalue weighted by atomic mass is 35.5. The van der Waals surface area contributed by atoms with Gasteiger partial charge in [-0.2, -0.15) is 0 Å². The van der Waals surface area contributed by atoms with Crippen molar-refractivity contribution in [1.82, 2.24) is 15.2 Å². The molecule has 0 bridgehead atoms. The van der Waals surface area contributed by atoms with Crippen molar-refractivity contribution < 1.29 is 9.53 Å². The van der Waals surface area contributed by atoms with Crippen LogP contribution < -0.4 is 10.2 Å². The number of carbonyl (C=O) groups excluding carboxylic acids is 1. The Hall–Kier alpha value is -2.35. The van der Waals surface area contributed by atoms with Crippen LogP contribution in [0.15, 0.2) is 72.9 Å². The Morgan fingerprint density at radius 3 is 2.37 bits per heavy atom. The van der Waals surface area contributed by atoms with Crippen LogP contribution in [0.4, 0.5) is 5.82 Å². The molecule has 0 aliphatic carbocycles. The number of piperazine rings is 1. The lowest BCUT2D eigenvalue weighted by Crippen LogP contribution is -2.55. The van der Waals surface area contributed by atoms with Crippen molar-refractivity contribution in [2.45, 2.75) is 19.2 Å². The summed E-state index contributed by atoms with van der Waals surface area (Å²) in [5, 5.41) is 4.39. The first-order valence-corrected chi connectivity index (χ1v) is 12.1.